The Morgan fingerprint density at radius 3 is 2.65 bits per heavy atom. The van der Waals surface area contributed by atoms with Crippen molar-refractivity contribution in [3.8, 4) is 0 Å². The number of pyridine rings is 1. The fourth-order valence-corrected chi connectivity index (χ4v) is 4.00. The SMILES string of the molecule is NC(=O)c1cc2ccccc2nc1C1CCN(C(=O)c2cscn2)CC1. The van der Waals surface area contributed by atoms with Crippen molar-refractivity contribution < 1.29 is 9.59 Å². The number of primary amides is 1. The number of fused-ring (bicyclic) bond motifs is 1. The Kier molecular flexibility index (Phi) is 4.38. The molecule has 26 heavy (non-hydrogen) atoms. The molecule has 3 aromatic rings. The van der Waals surface area contributed by atoms with Gasteiger partial charge in [-0.25, -0.2) is 4.98 Å². The van der Waals surface area contributed by atoms with Crippen LogP contribution in [0.2, 0.25) is 0 Å². The third-order valence-electron chi connectivity index (χ3n) is 4.84. The number of amides is 2. The lowest BCUT2D eigenvalue weighted by atomic mass is 9.89. The highest BCUT2D eigenvalue weighted by atomic mass is 32.1. The number of carbonyl (C=O) groups excluding carboxylic acids is 2. The number of hydrogen-bond acceptors (Lipinski definition) is 5. The van der Waals surface area contributed by atoms with Gasteiger partial charge >= 0.3 is 0 Å². The number of aromatic nitrogens is 2. The monoisotopic (exact) mass is 366 g/mol. The topological polar surface area (TPSA) is 89.2 Å². The maximum Gasteiger partial charge on any atom is 0.273 e. The number of carbonyl (C=O) groups is 2. The molecule has 0 aliphatic carbocycles. The van der Waals surface area contributed by atoms with Crippen LogP contribution >= 0.6 is 11.3 Å². The average Bonchev–Trinajstić information content (AvgIpc) is 3.21. The molecule has 2 aromatic heterocycles. The number of piperidine rings is 1. The second-order valence-electron chi connectivity index (χ2n) is 6.42. The zero-order chi connectivity index (χ0) is 18.1. The molecule has 1 aliphatic heterocycles. The van der Waals surface area contributed by atoms with Gasteiger partial charge in [-0.2, -0.15) is 0 Å². The Hall–Kier alpha value is -2.80. The molecule has 1 fully saturated rings. The molecule has 0 saturated carbocycles. The zero-order valence-corrected chi connectivity index (χ0v) is 14.9. The van der Waals surface area contributed by atoms with Crippen molar-refractivity contribution in [2.45, 2.75) is 18.8 Å². The summed E-state index contributed by atoms with van der Waals surface area (Å²) in [6.07, 6.45) is 1.50. The quantitative estimate of drug-likeness (QED) is 0.772. The first-order valence-electron chi connectivity index (χ1n) is 8.50. The van der Waals surface area contributed by atoms with Crippen molar-refractivity contribution in [3.05, 3.63) is 58.2 Å². The molecule has 0 spiro atoms. The van der Waals surface area contributed by atoms with Gasteiger partial charge in [-0.1, -0.05) is 18.2 Å². The number of thiazole rings is 1. The second kappa shape index (κ2) is 6.84. The van der Waals surface area contributed by atoms with Crippen molar-refractivity contribution in [1.29, 1.82) is 0 Å². The van der Waals surface area contributed by atoms with Crippen molar-refractivity contribution >= 4 is 34.1 Å². The average molecular weight is 366 g/mol. The molecule has 0 unspecified atom stereocenters. The molecular weight excluding hydrogens is 348 g/mol. The summed E-state index contributed by atoms with van der Waals surface area (Å²) >= 11 is 1.42. The van der Waals surface area contributed by atoms with Crippen molar-refractivity contribution in [1.82, 2.24) is 14.9 Å². The molecule has 7 heteroatoms. The molecular formula is C19H18N4O2S. The van der Waals surface area contributed by atoms with E-state index >= 15 is 0 Å². The van der Waals surface area contributed by atoms with E-state index < -0.39 is 5.91 Å². The van der Waals surface area contributed by atoms with Crippen LogP contribution in [0.25, 0.3) is 10.9 Å². The van der Waals surface area contributed by atoms with Crippen molar-refractivity contribution in [2.24, 2.45) is 5.73 Å². The Balaban J connectivity index is 1.58. The first-order valence-corrected chi connectivity index (χ1v) is 9.44. The van der Waals surface area contributed by atoms with E-state index in [-0.39, 0.29) is 11.8 Å². The van der Waals surface area contributed by atoms with E-state index in [4.69, 9.17) is 10.7 Å². The van der Waals surface area contributed by atoms with Crippen LogP contribution < -0.4 is 5.73 Å². The van der Waals surface area contributed by atoms with E-state index in [1.165, 1.54) is 11.3 Å². The first kappa shape index (κ1) is 16.7. The number of hydrogen-bond donors (Lipinski definition) is 1. The normalized spacial score (nSPS) is 15.3. The van der Waals surface area contributed by atoms with Gasteiger partial charge in [0.2, 0.25) is 0 Å². The summed E-state index contributed by atoms with van der Waals surface area (Å²) in [6, 6.07) is 9.53. The van der Waals surface area contributed by atoms with E-state index in [2.05, 4.69) is 4.98 Å². The summed E-state index contributed by atoms with van der Waals surface area (Å²) in [5.74, 6) is -0.382. The second-order valence-corrected chi connectivity index (χ2v) is 7.14. The molecule has 0 atom stereocenters. The number of likely N-dealkylation sites (tertiary alicyclic amines) is 1. The number of para-hydroxylation sites is 1. The minimum Gasteiger partial charge on any atom is -0.366 e. The predicted molar refractivity (Wildman–Crippen MR) is 100 cm³/mol. The maximum atomic E-state index is 12.4. The first-order chi connectivity index (χ1) is 12.6. The highest BCUT2D eigenvalue weighted by Gasteiger charge is 2.28. The summed E-state index contributed by atoms with van der Waals surface area (Å²) < 4.78 is 0. The van der Waals surface area contributed by atoms with Gasteiger partial charge in [0.1, 0.15) is 5.69 Å². The summed E-state index contributed by atoms with van der Waals surface area (Å²) in [6.45, 7) is 1.24. The predicted octanol–water partition coefficient (Wildman–Crippen LogP) is 2.81. The molecule has 0 bridgehead atoms. The van der Waals surface area contributed by atoms with Gasteiger partial charge in [-0.3, -0.25) is 14.6 Å². The fourth-order valence-electron chi connectivity index (χ4n) is 3.48. The van der Waals surface area contributed by atoms with Gasteiger partial charge in [0.05, 0.1) is 22.3 Å². The molecule has 0 radical (unpaired) electrons. The third kappa shape index (κ3) is 3.06. The highest BCUT2D eigenvalue weighted by Crippen LogP contribution is 2.31. The van der Waals surface area contributed by atoms with Crippen LogP contribution in [0.4, 0.5) is 0 Å². The molecule has 2 N–H and O–H groups in total. The number of rotatable bonds is 3. The summed E-state index contributed by atoms with van der Waals surface area (Å²) in [5.41, 5.74) is 9.84. The van der Waals surface area contributed by atoms with Gasteiger partial charge < -0.3 is 10.6 Å². The third-order valence-corrected chi connectivity index (χ3v) is 5.43. The minimum atomic E-state index is -0.459. The Morgan fingerprint density at radius 1 is 1.19 bits per heavy atom. The molecule has 1 saturated heterocycles. The molecule has 2 amide bonds. The molecule has 4 rings (SSSR count). The lowest BCUT2D eigenvalue weighted by Gasteiger charge is -2.32. The largest absolute Gasteiger partial charge is 0.366 e. The molecule has 3 heterocycles. The standard InChI is InChI=1S/C19H18N4O2S/c20-18(24)14-9-13-3-1-2-4-15(13)22-17(14)12-5-7-23(8-6-12)19(25)16-10-26-11-21-16/h1-4,9-12H,5-8H2,(H2,20,24). The van der Waals surface area contributed by atoms with E-state index in [1.807, 2.05) is 35.2 Å². The number of nitrogens with two attached hydrogens (primary N) is 1. The van der Waals surface area contributed by atoms with Crippen LogP contribution in [0.1, 0.15) is 45.3 Å². The van der Waals surface area contributed by atoms with Gasteiger partial charge in [-0.05, 0) is 25.0 Å². The van der Waals surface area contributed by atoms with E-state index in [0.717, 1.165) is 29.4 Å². The van der Waals surface area contributed by atoms with E-state index in [9.17, 15) is 9.59 Å². The highest BCUT2D eigenvalue weighted by molar-refractivity contribution is 7.07. The van der Waals surface area contributed by atoms with Crippen molar-refractivity contribution in [2.75, 3.05) is 13.1 Å². The minimum absolute atomic E-state index is 0.0358. The Bertz CT molecular complexity index is 963. The van der Waals surface area contributed by atoms with Gasteiger partial charge in [-0.15, -0.1) is 11.3 Å². The van der Waals surface area contributed by atoms with Crippen LogP contribution in [0, 0.1) is 0 Å². The Labute approximate surface area is 154 Å². The summed E-state index contributed by atoms with van der Waals surface area (Å²) in [7, 11) is 0. The lowest BCUT2D eigenvalue weighted by Crippen LogP contribution is -2.38. The smallest absolute Gasteiger partial charge is 0.273 e. The number of benzene rings is 1. The molecule has 132 valence electrons. The molecule has 6 nitrogen and oxygen atoms in total. The van der Waals surface area contributed by atoms with Gasteiger partial charge in [0.25, 0.3) is 11.8 Å². The van der Waals surface area contributed by atoms with Gasteiger partial charge in [0, 0.05) is 29.8 Å². The zero-order valence-electron chi connectivity index (χ0n) is 14.1. The maximum absolute atomic E-state index is 12.4. The lowest BCUT2D eigenvalue weighted by molar-refractivity contribution is 0.0706. The fraction of sp³-hybridized carbons (Fsp3) is 0.263. The molecule has 1 aliphatic rings. The summed E-state index contributed by atoms with van der Waals surface area (Å²) in [5, 5.41) is 2.67. The van der Waals surface area contributed by atoms with Crippen LogP contribution in [0.3, 0.4) is 0 Å². The van der Waals surface area contributed by atoms with Gasteiger partial charge in [0.15, 0.2) is 0 Å². The summed E-state index contributed by atoms with van der Waals surface area (Å²) in [4.78, 5) is 35.0. The van der Waals surface area contributed by atoms with Crippen LogP contribution in [0.5, 0.6) is 0 Å². The van der Waals surface area contributed by atoms with E-state index in [0.29, 0.717) is 24.3 Å². The van der Waals surface area contributed by atoms with E-state index in [1.54, 1.807) is 10.9 Å². The van der Waals surface area contributed by atoms with Crippen LogP contribution in [-0.2, 0) is 0 Å². The number of nitrogens with zero attached hydrogens (tertiary/aromatic N) is 3. The Morgan fingerprint density at radius 2 is 1.96 bits per heavy atom. The van der Waals surface area contributed by atoms with Crippen LogP contribution in [0.15, 0.2) is 41.2 Å². The molecule has 1 aromatic carbocycles. The van der Waals surface area contributed by atoms with Crippen LogP contribution in [-0.4, -0.2) is 39.8 Å². The van der Waals surface area contributed by atoms with Crippen molar-refractivity contribution in [3.63, 3.8) is 0 Å².